The molecule has 1 fully saturated rings. The highest BCUT2D eigenvalue weighted by Gasteiger charge is 2.29. The van der Waals surface area contributed by atoms with E-state index in [1.165, 1.54) is 12.3 Å². The first-order valence-electron chi connectivity index (χ1n) is 11.9. The number of aromatic nitrogens is 2. The van der Waals surface area contributed by atoms with E-state index >= 15 is 0 Å². The van der Waals surface area contributed by atoms with Crippen LogP contribution in [0.2, 0.25) is 0 Å². The van der Waals surface area contributed by atoms with Crippen LogP contribution in [-0.2, 0) is 11.2 Å². The van der Waals surface area contributed by atoms with E-state index in [1.807, 2.05) is 30.3 Å². The minimum Gasteiger partial charge on any atom is -0.492 e. The maximum atomic E-state index is 13.9. The first-order valence-corrected chi connectivity index (χ1v) is 11.9. The number of para-hydroxylation sites is 1. The zero-order valence-electron chi connectivity index (χ0n) is 20.0. The van der Waals surface area contributed by atoms with Crippen LogP contribution in [0.1, 0.15) is 46.2 Å². The fraction of sp³-hybridized carbons (Fsp3) is 0.333. The lowest BCUT2D eigenvalue weighted by atomic mass is 9.90. The molecule has 3 aromatic rings. The summed E-state index contributed by atoms with van der Waals surface area (Å²) in [6.07, 6.45) is 2.37. The van der Waals surface area contributed by atoms with Gasteiger partial charge in [0.05, 0.1) is 24.2 Å². The Balaban J connectivity index is 1.34. The van der Waals surface area contributed by atoms with Crippen molar-refractivity contribution in [2.24, 2.45) is 0 Å². The summed E-state index contributed by atoms with van der Waals surface area (Å²) in [4.78, 5) is 35.9. The van der Waals surface area contributed by atoms with Gasteiger partial charge in [-0.3, -0.25) is 9.59 Å². The van der Waals surface area contributed by atoms with Gasteiger partial charge in [0.1, 0.15) is 29.8 Å². The molecule has 0 saturated carbocycles. The van der Waals surface area contributed by atoms with Crippen molar-refractivity contribution in [3.63, 3.8) is 0 Å². The van der Waals surface area contributed by atoms with Crippen molar-refractivity contribution in [2.75, 3.05) is 26.2 Å². The lowest BCUT2D eigenvalue weighted by molar-refractivity contribution is -0.131. The third kappa shape index (κ3) is 6.21. The quantitative estimate of drug-likeness (QED) is 0.482. The summed E-state index contributed by atoms with van der Waals surface area (Å²) in [6, 6.07) is 12.9. The molecule has 0 bridgehead atoms. The minimum absolute atomic E-state index is 0.0396. The molecule has 0 spiro atoms. The second kappa shape index (κ2) is 11.7. The summed E-state index contributed by atoms with van der Waals surface area (Å²) < 4.78 is 33.5. The second-order valence-corrected chi connectivity index (χ2v) is 8.67. The Hall–Kier alpha value is -3.88. The Bertz CT molecular complexity index is 1190. The molecule has 188 valence electrons. The number of ether oxygens (including phenoxy) is 1. The lowest BCUT2D eigenvalue weighted by Crippen LogP contribution is -2.39. The van der Waals surface area contributed by atoms with Gasteiger partial charge in [0.2, 0.25) is 5.91 Å². The van der Waals surface area contributed by atoms with Gasteiger partial charge in [0.15, 0.2) is 0 Å². The van der Waals surface area contributed by atoms with Gasteiger partial charge in [-0.1, -0.05) is 24.3 Å². The Labute approximate surface area is 208 Å². The van der Waals surface area contributed by atoms with Gasteiger partial charge in [-0.15, -0.1) is 0 Å². The number of rotatable bonds is 8. The summed E-state index contributed by atoms with van der Waals surface area (Å²) >= 11 is 0. The molecule has 0 unspecified atom stereocenters. The summed E-state index contributed by atoms with van der Waals surface area (Å²) in [5, 5.41) is 2.85. The molecule has 1 aromatic heterocycles. The van der Waals surface area contributed by atoms with Crippen LogP contribution in [0.25, 0.3) is 0 Å². The van der Waals surface area contributed by atoms with Crippen molar-refractivity contribution in [2.45, 2.75) is 32.1 Å². The minimum atomic E-state index is -0.723. The predicted molar refractivity (Wildman–Crippen MR) is 130 cm³/mol. The van der Waals surface area contributed by atoms with Crippen LogP contribution in [-0.4, -0.2) is 52.9 Å². The lowest BCUT2D eigenvalue weighted by Gasteiger charge is -2.32. The standard InChI is InChI=1S/C27H28F2N4O3/c1-18-31-17-22(27(35)30-12-15-36-20-6-3-2-4-7-20)26(32-18)19-10-13-33(14-11-19)25(34)16-21-23(28)8-5-9-24(21)29/h2-9,17,19H,10-16H2,1H3,(H,30,35). The molecule has 0 radical (unpaired) electrons. The van der Waals surface area contributed by atoms with Crippen molar-refractivity contribution in [3.05, 3.63) is 89.0 Å². The van der Waals surface area contributed by atoms with Crippen molar-refractivity contribution in [1.82, 2.24) is 20.2 Å². The van der Waals surface area contributed by atoms with Crippen LogP contribution in [0.4, 0.5) is 8.78 Å². The first kappa shape index (κ1) is 25.2. The van der Waals surface area contributed by atoms with Crippen molar-refractivity contribution in [3.8, 4) is 5.75 Å². The van der Waals surface area contributed by atoms with Crippen LogP contribution < -0.4 is 10.1 Å². The number of hydrogen-bond donors (Lipinski definition) is 1. The van der Waals surface area contributed by atoms with Crippen LogP contribution in [0.5, 0.6) is 5.75 Å². The van der Waals surface area contributed by atoms with Gasteiger partial charge in [-0.2, -0.15) is 0 Å². The summed E-state index contributed by atoms with van der Waals surface area (Å²) in [5.74, 6) is -0.808. The predicted octanol–water partition coefficient (Wildman–Crippen LogP) is 3.82. The van der Waals surface area contributed by atoms with Crippen LogP contribution >= 0.6 is 0 Å². The molecule has 1 aliphatic rings. The number of halogens is 2. The maximum Gasteiger partial charge on any atom is 0.254 e. The van der Waals surface area contributed by atoms with Gasteiger partial charge >= 0.3 is 0 Å². The number of carbonyl (C=O) groups excluding carboxylic acids is 2. The van der Waals surface area contributed by atoms with E-state index in [0.29, 0.717) is 56.2 Å². The number of carbonyl (C=O) groups is 2. The molecule has 9 heteroatoms. The van der Waals surface area contributed by atoms with Crippen molar-refractivity contribution >= 4 is 11.8 Å². The highest BCUT2D eigenvalue weighted by atomic mass is 19.1. The van der Waals surface area contributed by atoms with Gasteiger partial charge < -0.3 is 15.0 Å². The van der Waals surface area contributed by atoms with E-state index in [4.69, 9.17) is 4.74 Å². The number of piperidine rings is 1. The second-order valence-electron chi connectivity index (χ2n) is 8.67. The van der Waals surface area contributed by atoms with E-state index in [1.54, 1.807) is 11.8 Å². The number of nitrogens with zero attached hydrogens (tertiary/aromatic N) is 3. The Morgan fingerprint density at radius 1 is 1.06 bits per heavy atom. The molecule has 0 atom stereocenters. The third-order valence-corrected chi connectivity index (χ3v) is 6.21. The van der Waals surface area contributed by atoms with Gasteiger partial charge in [-0.05, 0) is 44.0 Å². The summed E-state index contributed by atoms with van der Waals surface area (Å²) in [7, 11) is 0. The highest BCUT2D eigenvalue weighted by molar-refractivity contribution is 5.95. The third-order valence-electron chi connectivity index (χ3n) is 6.21. The monoisotopic (exact) mass is 494 g/mol. The molecule has 2 amide bonds. The summed E-state index contributed by atoms with van der Waals surface area (Å²) in [6.45, 7) is 3.23. The van der Waals surface area contributed by atoms with E-state index < -0.39 is 11.6 Å². The highest BCUT2D eigenvalue weighted by Crippen LogP contribution is 2.29. The van der Waals surface area contributed by atoms with E-state index in [2.05, 4.69) is 15.3 Å². The fourth-order valence-electron chi connectivity index (χ4n) is 4.29. The summed E-state index contributed by atoms with van der Waals surface area (Å²) in [5.41, 5.74) is 0.834. The van der Waals surface area contributed by atoms with Crippen molar-refractivity contribution in [1.29, 1.82) is 0 Å². The SMILES string of the molecule is Cc1ncc(C(=O)NCCOc2ccccc2)c(C2CCN(C(=O)Cc3c(F)cccc3F)CC2)n1. The molecule has 0 aliphatic carbocycles. The van der Waals surface area contributed by atoms with Crippen LogP contribution in [0.3, 0.4) is 0 Å². The van der Waals surface area contributed by atoms with Gasteiger partial charge in [-0.25, -0.2) is 18.7 Å². The van der Waals surface area contributed by atoms with Crippen LogP contribution in [0.15, 0.2) is 54.7 Å². The average Bonchev–Trinajstić information content (AvgIpc) is 2.89. The van der Waals surface area contributed by atoms with Crippen molar-refractivity contribution < 1.29 is 23.1 Å². The smallest absolute Gasteiger partial charge is 0.254 e. The topological polar surface area (TPSA) is 84.4 Å². The van der Waals surface area contributed by atoms with E-state index in [9.17, 15) is 18.4 Å². The molecule has 1 saturated heterocycles. The molecule has 2 heterocycles. The molecule has 4 rings (SSSR count). The molecule has 36 heavy (non-hydrogen) atoms. The maximum absolute atomic E-state index is 13.9. The fourth-order valence-corrected chi connectivity index (χ4v) is 4.29. The average molecular weight is 495 g/mol. The zero-order chi connectivity index (χ0) is 25.5. The Kier molecular flexibility index (Phi) is 8.20. The van der Waals surface area contributed by atoms with E-state index in [0.717, 1.165) is 17.9 Å². The van der Waals surface area contributed by atoms with E-state index in [-0.39, 0.29) is 29.7 Å². The molecule has 2 aromatic carbocycles. The molecule has 7 nitrogen and oxygen atoms in total. The number of likely N-dealkylation sites (tertiary alicyclic amines) is 1. The number of benzene rings is 2. The molecule has 1 N–H and O–H groups in total. The first-order chi connectivity index (χ1) is 17.4. The Morgan fingerprint density at radius 3 is 2.44 bits per heavy atom. The normalized spacial score (nSPS) is 13.9. The number of aryl methyl sites for hydroxylation is 1. The molecular formula is C27H28F2N4O3. The zero-order valence-corrected chi connectivity index (χ0v) is 20.0. The van der Waals surface area contributed by atoms with Crippen LogP contribution in [0, 0.1) is 18.6 Å². The number of nitrogens with one attached hydrogen (secondary N) is 1. The Morgan fingerprint density at radius 2 is 1.75 bits per heavy atom. The van der Waals surface area contributed by atoms with Gasteiger partial charge in [0.25, 0.3) is 5.91 Å². The largest absolute Gasteiger partial charge is 0.492 e. The molecule has 1 aliphatic heterocycles. The number of amides is 2. The molecular weight excluding hydrogens is 466 g/mol. The number of hydrogen-bond acceptors (Lipinski definition) is 5. The van der Waals surface area contributed by atoms with Gasteiger partial charge in [0, 0.05) is 30.8 Å².